The molecule has 3 rings (SSSR count). The number of rotatable bonds is 5. The zero-order chi connectivity index (χ0) is 17.8. The number of carbonyl (C=O) groups excluding carboxylic acids is 1. The number of hydrogen-bond acceptors (Lipinski definition) is 4. The van der Waals surface area contributed by atoms with E-state index in [-0.39, 0.29) is 11.9 Å². The van der Waals surface area contributed by atoms with Crippen molar-refractivity contribution in [3.05, 3.63) is 30.0 Å². The van der Waals surface area contributed by atoms with Gasteiger partial charge in [-0.2, -0.15) is 5.10 Å². The first kappa shape index (κ1) is 17.3. The molecule has 1 aliphatic rings. The first-order valence-corrected chi connectivity index (χ1v) is 8.83. The Balaban J connectivity index is 1.90. The zero-order valence-electron chi connectivity index (χ0n) is 15.0. The summed E-state index contributed by atoms with van der Waals surface area (Å²) in [5.41, 5.74) is 2.07. The number of hydrogen-bond donors (Lipinski definition) is 1. The van der Waals surface area contributed by atoms with Gasteiger partial charge in [0.2, 0.25) is 0 Å². The van der Waals surface area contributed by atoms with Gasteiger partial charge in [0.25, 0.3) is 5.91 Å². The number of carbonyl (C=O) groups is 1. The van der Waals surface area contributed by atoms with E-state index in [2.05, 4.69) is 17.3 Å². The summed E-state index contributed by atoms with van der Waals surface area (Å²) in [5.74, 6) is 1.34. The third-order valence-electron chi connectivity index (χ3n) is 4.19. The zero-order valence-corrected chi connectivity index (χ0v) is 15.0. The van der Waals surface area contributed by atoms with Crippen molar-refractivity contribution in [3.63, 3.8) is 0 Å². The van der Waals surface area contributed by atoms with Crippen LogP contribution in [0.15, 0.2) is 24.4 Å². The van der Waals surface area contributed by atoms with Gasteiger partial charge in [-0.1, -0.05) is 13.3 Å². The molecule has 0 saturated carbocycles. The van der Waals surface area contributed by atoms with E-state index in [9.17, 15) is 4.79 Å². The third-order valence-corrected chi connectivity index (χ3v) is 4.19. The van der Waals surface area contributed by atoms with E-state index in [4.69, 9.17) is 9.47 Å². The normalized spacial score (nSPS) is 14.7. The molecule has 6 nitrogen and oxygen atoms in total. The van der Waals surface area contributed by atoms with E-state index in [0.29, 0.717) is 30.2 Å². The minimum absolute atomic E-state index is 0.101. The van der Waals surface area contributed by atoms with Crippen LogP contribution in [0.3, 0.4) is 0 Å². The van der Waals surface area contributed by atoms with E-state index >= 15 is 0 Å². The monoisotopic (exact) mass is 343 g/mol. The molecule has 1 amide bonds. The summed E-state index contributed by atoms with van der Waals surface area (Å²) in [6.45, 7) is 5.40. The largest absolute Gasteiger partial charge is 0.490 e. The molecule has 1 aliphatic heterocycles. The number of amides is 1. The quantitative estimate of drug-likeness (QED) is 0.906. The average molecular weight is 343 g/mol. The van der Waals surface area contributed by atoms with Crippen molar-refractivity contribution >= 4 is 5.91 Å². The molecular formula is C19H25N3O3. The maximum absolute atomic E-state index is 12.7. The molecule has 0 saturated heterocycles. The molecule has 0 aliphatic carbocycles. The van der Waals surface area contributed by atoms with E-state index in [1.807, 2.05) is 32.2 Å². The van der Waals surface area contributed by atoms with Crippen molar-refractivity contribution in [1.82, 2.24) is 15.1 Å². The van der Waals surface area contributed by atoms with Crippen LogP contribution in [0, 0.1) is 0 Å². The molecule has 1 aromatic carbocycles. The maximum Gasteiger partial charge on any atom is 0.255 e. The Morgan fingerprint density at radius 1 is 1.32 bits per heavy atom. The van der Waals surface area contributed by atoms with Gasteiger partial charge in [0.05, 0.1) is 18.8 Å². The SMILES string of the molecule is CCCC(C)NC(=O)c1cn(C)nc1-c1ccc2c(c1)OCCCO2. The van der Waals surface area contributed by atoms with Gasteiger partial charge in [-0.3, -0.25) is 9.48 Å². The summed E-state index contributed by atoms with van der Waals surface area (Å²) in [6, 6.07) is 5.83. The highest BCUT2D eigenvalue weighted by Gasteiger charge is 2.20. The van der Waals surface area contributed by atoms with Gasteiger partial charge >= 0.3 is 0 Å². The van der Waals surface area contributed by atoms with Crippen LogP contribution in [0.4, 0.5) is 0 Å². The summed E-state index contributed by atoms with van der Waals surface area (Å²) in [4.78, 5) is 12.7. The molecule has 0 radical (unpaired) electrons. The molecule has 1 aromatic heterocycles. The van der Waals surface area contributed by atoms with Crippen molar-refractivity contribution in [2.45, 2.75) is 39.2 Å². The van der Waals surface area contributed by atoms with Crippen LogP contribution in [0.1, 0.15) is 43.5 Å². The minimum Gasteiger partial charge on any atom is -0.490 e. The molecule has 0 bridgehead atoms. The second-order valence-electron chi connectivity index (χ2n) is 6.44. The molecule has 1 N–H and O–H groups in total. The van der Waals surface area contributed by atoms with E-state index in [1.54, 1.807) is 10.9 Å². The Labute approximate surface area is 148 Å². The lowest BCUT2D eigenvalue weighted by Crippen LogP contribution is -2.32. The number of nitrogens with one attached hydrogen (secondary N) is 1. The molecule has 1 atom stereocenters. The lowest BCUT2D eigenvalue weighted by molar-refractivity contribution is 0.0939. The average Bonchev–Trinajstić information content (AvgIpc) is 2.83. The molecule has 0 spiro atoms. The molecule has 6 heteroatoms. The minimum atomic E-state index is -0.101. The van der Waals surface area contributed by atoms with E-state index in [0.717, 1.165) is 30.6 Å². The molecule has 2 aromatic rings. The number of nitrogens with zero attached hydrogens (tertiary/aromatic N) is 2. The van der Waals surface area contributed by atoms with Gasteiger partial charge in [0.15, 0.2) is 11.5 Å². The van der Waals surface area contributed by atoms with Gasteiger partial charge in [-0.15, -0.1) is 0 Å². The van der Waals surface area contributed by atoms with Gasteiger partial charge in [0.1, 0.15) is 5.69 Å². The standard InChI is InChI=1S/C19H25N3O3/c1-4-6-13(2)20-19(23)15-12-22(3)21-18(15)14-7-8-16-17(11-14)25-10-5-9-24-16/h7-8,11-13H,4-6,9-10H2,1-3H3,(H,20,23). The molecule has 1 unspecified atom stereocenters. The highest BCUT2D eigenvalue weighted by atomic mass is 16.5. The Bertz CT molecular complexity index is 754. The second-order valence-corrected chi connectivity index (χ2v) is 6.44. The first-order chi connectivity index (χ1) is 12.1. The Morgan fingerprint density at radius 3 is 2.84 bits per heavy atom. The van der Waals surface area contributed by atoms with Crippen molar-refractivity contribution in [2.75, 3.05) is 13.2 Å². The second kappa shape index (κ2) is 7.59. The fourth-order valence-electron chi connectivity index (χ4n) is 2.99. The van der Waals surface area contributed by atoms with Crippen LogP contribution in [-0.2, 0) is 7.05 Å². The van der Waals surface area contributed by atoms with Crippen LogP contribution >= 0.6 is 0 Å². The first-order valence-electron chi connectivity index (χ1n) is 8.83. The van der Waals surface area contributed by atoms with E-state index in [1.165, 1.54) is 0 Å². The van der Waals surface area contributed by atoms with E-state index < -0.39 is 0 Å². The summed E-state index contributed by atoms with van der Waals surface area (Å²) in [6.07, 6.45) is 4.60. The Kier molecular flexibility index (Phi) is 5.26. The van der Waals surface area contributed by atoms with Crippen LogP contribution in [0.25, 0.3) is 11.3 Å². The molecule has 0 fully saturated rings. The van der Waals surface area contributed by atoms with Crippen molar-refractivity contribution < 1.29 is 14.3 Å². The van der Waals surface area contributed by atoms with Crippen molar-refractivity contribution in [1.29, 1.82) is 0 Å². The Hall–Kier alpha value is -2.50. The molecular weight excluding hydrogens is 318 g/mol. The summed E-state index contributed by atoms with van der Waals surface area (Å²) < 4.78 is 13.1. The fraction of sp³-hybridized carbons (Fsp3) is 0.474. The Morgan fingerprint density at radius 2 is 2.08 bits per heavy atom. The van der Waals surface area contributed by atoms with Gasteiger partial charge < -0.3 is 14.8 Å². The predicted molar refractivity (Wildman–Crippen MR) is 96.1 cm³/mol. The smallest absolute Gasteiger partial charge is 0.255 e. The molecule has 25 heavy (non-hydrogen) atoms. The number of benzene rings is 1. The van der Waals surface area contributed by atoms with Crippen LogP contribution in [-0.4, -0.2) is 34.9 Å². The maximum atomic E-state index is 12.7. The highest BCUT2D eigenvalue weighted by molar-refractivity contribution is 6.00. The topological polar surface area (TPSA) is 65.4 Å². The highest BCUT2D eigenvalue weighted by Crippen LogP contribution is 2.34. The van der Waals surface area contributed by atoms with Crippen LogP contribution in [0.5, 0.6) is 11.5 Å². The molecule has 2 heterocycles. The van der Waals surface area contributed by atoms with Crippen molar-refractivity contribution in [2.24, 2.45) is 7.05 Å². The number of fused-ring (bicyclic) bond motifs is 1. The summed E-state index contributed by atoms with van der Waals surface area (Å²) in [5, 5.41) is 7.53. The summed E-state index contributed by atoms with van der Waals surface area (Å²) >= 11 is 0. The van der Waals surface area contributed by atoms with Crippen LogP contribution in [0.2, 0.25) is 0 Å². The lowest BCUT2D eigenvalue weighted by atomic mass is 10.1. The third kappa shape index (κ3) is 3.95. The predicted octanol–water partition coefficient (Wildman–Crippen LogP) is 3.17. The lowest BCUT2D eigenvalue weighted by Gasteiger charge is -2.13. The van der Waals surface area contributed by atoms with Gasteiger partial charge in [-0.25, -0.2) is 0 Å². The number of ether oxygens (including phenoxy) is 2. The number of aromatic nitrogens is 2. The van der Waals surface area contributed by atoms with Crippen LogP contribution < -0.4 is 14.8 Å². The van der Waals surface area contributed by atoms with Crippen molar-refractivity contribution in [3.8, 4) is 22.8 Å². The number of aryl methyl sites for hydroxylation is 1. The molecule has 134 valence electrons. The van der Waals surface area contributed by atoms with Gasteiger partial charge in [0, 0.05) is 31.3 Å². The summed E-state index contributed by atoms with van der Waals surface area (Å²) in [7, 11) is 1.82. The fourth-order valence-corrected chi connectivity index (χ4v) is 2.99. The van der Waals surface area contributed by atoms with Gasteiger partial charge in [-0.05, 0) is 31.5 Å².